The van der Waals surface area contributed by atoms with Crippen molar-refractivity contribution in [2.24, 2.45) is 0 Å². The summed E-state index contributed by atoms with van der Waals surface area (Å²) >= 11 is 0. The van der Waals surface area contributed by atoms with E-state index < -0.39 is 5.41 Å². The van der Waals surface area contributed by atoms with Gasteiger partial charge in [0.25, 0.3) is 0 Å². The molecule has 240 valence electrons. The van der Waals surface area contributed by atoms with Gasteiger partial charge in [-0.2, -0.15) is 12.1 Å². The molecule has 0 aliphatic carbocycles. The Kier molecular flexibility index (Phi) is 8.32. The average molecular weight is 823 g/mol. The van der Waals surface area contributed by atoms with Gasteiger partial charge in [0.2, 0.25) is 0 Å². The zero-order valence-electron chi connectivity index (χ0n) is 26.8. The first-order chi connectivity index (χ1) is 24.3. The summed E-state index contributed by atoms with van der Waals surface area (Å²) in [7, 11) is 0. The van der Waals surface area contributed by atoms with Crippen LogP contribution in [0.4, 0.5) is 17.1 Å². The van der Waals surface area contributed by atoms with Gasteiger partial charge in [-0.05, 0) is 64.7 Å². The predicted octanol–water partition coefficient (Wildman–Crippen LogP) is 10.9. The van der Waals surface area contributed by atoms with Crippen molar-refractivity contribution >= 4 is 28.0 Å². The number of aromatic nitrogens is 2. The van der Waals surface area contributed by atoms with Crippen LogP contribution in [-0.4, -0.2) is 9.97 Å². The predicted molar refractivity (Wildman–Crippen MR) is 196 cm³/mol. The molecule has 0 spiro atoms. The third kappa shape index (κ3) is 5.30. The van der Waals surface area contributed by atoms with E-state index in [0.29, 0.717) is 11.5 Å². The molecule has 9 rings (SSSR count). The first-order valence-electron chi connectivity index (χ1n) is 16.3. The number of fused-ring (bicyclic) bond motifs is 3. The van der Waals surface area contributed by atoms with Gasteiger partial charge in [-0.3, -0.25) is 9.97 Å². The topological polar surface area (TPSA) is 38.2 Å². The largest absolute Gasteiger partial charge is 2.00 e. The molecular weight excluding hydrogens is 794 g/mol. The Hall–Kier alpha value is -5.83. The zero-order valence-corrected chi connectivity index (χ0v) is 29.1. The van der Waals surface area contributed by atoms with Crippen LogP contribution in [0.25, 0.3) is 22.2 Å². The van der Waals surface area contributed by atoms with Gasteiger partial charge in [-0.1, -0.05) is 97.1 Å². The standard InChI is InChI=1S/C45H29N3O.Pt/c1-2-17-35(18-3-1)48-42-24-8-5-21-38(42)45(44-26-10-11-29-46-44,39-22-6-9-25-43(39)48)34-16-13-20-37(31-34)49-36-19-12-15-33(30-36)41-28-27-32-14-4-7-23-40(32)47-41;/h1-29H;/q-2;+2. The second-order valence-electron chi connectivity index (χ2n) is 12.0. The molecule has 2 aromatic heterocycles. The summed E-state index contributed by atoms with van der Waals surface area (Å²) in [5, 5.41) is 1.10. The van der Waals surface area contributed by atoms with Crippen molar-refractivity contribution < 1.29 is 25.8 Å². The van der Waals surface area contributed by atoms with Gasteiger partial charge in [-0.15, -0.1) is 41.5 Å². The van der Waals surface area contributed by atoms with Crippen LogP contribution < -0.4 is 9.64 Å². The Balaban J connectivity index is 0.00000361. The Morgan fingerprint density at radius 1 is 0.540 bits per heavy atom. The fourth-order valence-electron chi connectivity index (χ4n) is 7.11. The van der Waals surface area contributed by atoms with Gasteiger partial charge in [-0.25, -0.2) is 0 Å². The minimum Gasteiger partial charge on any atom is -0.503 e. The minimum absolute atomic E-state index is 0. The van der Waals surface area contributed by atoms with Crippen molar-refractivity contribution in [2.75, 3.05) is 4.90 Å². The maximum Gasteiger partial charge on any atom is 2.00 e. The summed E-state index contributed by atoms with van der Waals surface area (Å²) in [6.45, 7) is 0. The monoisotopic (exact) mass is 822 g/mol. The van der Waals surface area contributed by atoms with Crippen LogP contribution in [0.1, 0.15) is 22.4 Å². The van der Waals surface area contributed by atoms with E-state index >= 15 is 0 Å². The van der Waals surface area contributed by atoms with Crippen molar-refractivity contribution in [2.45, 2.75) is 5.41 Å². The molecule has 0 atom stereocenters. The number of hydrogen-bond acceptors (Lipinski definition) is 4. The van der Waals surface area contributed by atoms with Gasteiger partial charge in [0.05, 0.1) is 28.0 Å². The molecular formula is C45H29N3OPt. The number of benzene rings is 6. The van der Waals surface area contributed by atoms with Crippen LogP contribution in [-0.2, 0) is 26.5 Å². The number of pyridine rings is 2. The Bertz CT molecular complexity index is 2400. The summed E-state index contributed by atoms with van der Waals surface area (Å²) in [6, 6.07) is 65.3. The van der Waals surface area contributed by atoms with Crippen LogP contribution in [0.15, 0.2) is 176 Å². The number of ether oxygens (including phenoxy) is 1. The number of para-hydroxylation sites is 4. The second-order valence-corrected chi connectivity index (χ2v) is 12.0. The first kappa shape index (κ1) is 31.4. The molecule has 0 bridgehead atoms. The molecule has 50 heavy (non-hydrogen) atoms. The fraction of sp³-hybridized carbons (Fsp3) is 0.0222. The van der Waals surface area contributed by atoms with Crippen molar-refractivity contribution in [3.8, 4) is 22.8 Å². The van der Waals surface area contributed by atoms with E-state index in [-0.39, 0.29) is 21.1 Å². The van der Waals surface area contributed by atoms with Gasteiger partial charge >= 0.3 is 21.1 Å². The van der Waals surface area contributed by atoms with Crippen molar-refractivity contribution in [1.82, 2.24) is 9.97 Å². The van der Waals surface area contributed by atoms with Crippen molar-refractivity contribution in [3.63, 3.8) is 0 Å². The molecule has 0 saturated heterocycles. The van der Waals surface area contributed by atoms with E-state index in [1.807, 2.05) is 66.9 Å². The molecule has 0 N–H and O–H groups in total. The average Bonchev–Trinajstić information content (AvgIpc) is 3.17. The molecule has 6 aromatic carbocycles. The molecule has 0 saturated carbocycles. The molecule has 8 aromatic rings. The number of anilines is 3. The second kappa shape index (κ2) is 13.2. The van der Waals surface area contributed by atoms with Crippen molar-refractivity contribution in [3.05, 3.63) is 211 Å². The normalized spacial score (nSPS) is 12.8. The molecule has 4 nitrogen and oxygen atoms in total. The van der Waals surface area contributed by atoms with Crippen molar-refractivity contribution in [1.29, 1.82) is 0 Å². The summed E-state index contributed by atoms with van der Waals surface area (Å²) in [4.78, 5) is 12.3. The zero-order chi connectivity index (χ0) is 32.6. The molecule has 0 amide bonds. The number of rotatable bonds is 6. The van der Waals surface area contributed by atoms with E-state index in [0.717, 1.165) is 61.6 Å². The smallest absolute Gasteiger partial charge is 0.503 e. The quantitative estimate of drug-likeness (QED) is 0.157. The van der Waals surface area contributed by atoms with Crippen LogP contribution in [0.2, 0.25) is 0 Å². The van der Waals surface area contributed by atoms with Crippen LogP contribution in [0, 0.1) is 12.1 Å². The van der Waals surface area contributed by atoms with Gasteiger partial charge < -0.3 is 9.64 Å². The van der Waals surface area contributed by atoms with E-state index in [1.165, 1.54) is 0 Å². The molecule has 5 heteroatoms. The summed E-state index contributed by atoms with van der Waals surface area (Å²) < 4.78 is 6.54. The maximum atomic E-state index is 6.54. The van der Waals surface area contributed by atoms with Crippen LogP contribution in [0.3, 0.4) is 0 Å². The minimum atomic E-state index is -0.778. The molecule has 1 aliphatic heterocycles. The molecule has 0 unspecified atom stereocenters. The van der Waals surface area contributed by atoms with Crippen LogP contribution in [0.5, 0.6) is 11.5 Å². The summed E-state index contributed by atoms with van der Waals surface area (Å²) in [5.41, 5.74) is 9.20. The Morgan fingerprint density at radius 2 is 1.20 bits per heavy atom. The summed E-state index contributed by atoms with van der Waals surface area (Å²) in [5.74, 6) is 1.18. The first-order valence-corrected chi connectivity index (χ1v) is 16.3. The SMILES string of the molecule is [Pt+2].[c-]1c(Oc2[c-]c(C3(c4ccccn4)c4ccccc4N(c4ccccc4)c4ccccc43)ccc2)cccc1-c1ccc2ccccc2n1. The number of nitrogens with zero attached hydrogens (tertiary/aromatic N) is 3. The molecule has 1 aliphatic rings. The van der Waals surface area contributed by atoms with E-state index in [2.05, 4.69) is 126 Å². The van der Waals surface area contributed by atoms with Gasteiger partial charge in [0.15, 0.2) is 0 Å². The van der Waals surface area contributed by atoms with Crippen LogP contribution >= 0.6 is 0 Å². The molecule has 3 heterocycles. The third-order valence-electron chi connectivity index (χ3n) is 9.20. The third-order valence-corrected chi connectivity index (χ3v) is 9.20. The Labute approximate surface area is 306 Å². The fourth-order valence-corrected chi connectivity index (χ4v) is 7.11. The van der Waals surface area contributed by atoms with E-state index in [1.54, 1.807) is 0 Å². The van der Waals surface area contributed by atoms with Gasteiger partial charge in [0, 0.05) is 23.4 Å². The molecule has 0 fully saturated rings. The maximum absolute atomic E-state index is 6.54. The number of hydrogen-bond donors (Lipinski definition) is 0. The van der Waals surface area contributed by atoms with E-state index in [9.17, 15) is 0 Å². The van der Waals surface area contributed by atoms with E-state index in [4.69, 9.17) is 14.7 Å². The van der Waals surface area contributed by atoms with Gasteiger partial charge in [0.1, 0.15) is 0 Å². The Morgan fingerprint density at radius 3 is 1.96 bits per heavy atom. The molecule has 0 radical (unpaired) electrons. The summed E-state index contributed by atoms with van der Waals surface area (Å²) in [6.07, 6.45) is 1.87.